The van der Waals surface area contributed by atoms with Crippen LogP contribution in [0.4, 0.5) is 5.69 Å². The Morgan fingerprint density at radius 2 is 1.52 bits per heavy atom. The number of nitro groups is 1. The topological polar surface area (TPSA) is 131 Å². The van der Waals surface area contributed by atoms with E-state index in [9.17, 15) is 24.8 Å². The molecule has 0 spiro atoms. The van der Waals surface area contributed by atoms with Crippen molar-refractivity contribution in [3.05, 3.63) is 134 Å². The summed E-state index contributed by atoms with van der Waals surface area (Å²) in [5.74, 6) is -2.80. The van der Waals surface area contributed by atoms with Gasteiger partial charge in [0.05, 0.1) is 22.0 Å². The molecule has 4 rings (SSSR count). The molecule has 3 N–H and O–H groups in total. The first-order valence-electron chi connectivity index (χ1n) is 14.6. The molecule has 1 aliphatic rings. The average Bonchev–Trinajstić information content (AvgIpc) is 2.99. The third-order valence-electron chi connectivity index (χ3n) is 8.31. The number of aliphatic carboxylic acids is 1. The van der Waals surface area contributed by atoms with Crippen molar-refractivity contribution in [2.75, 3.05) is 6.54 Å². The Bertz CT molecular complexity index is 1540. The molecule has 9 nitrogen and oxygen atoms in total. The van der Waals surface area contributed by atoms with E-state index in [2.05, 4.69) is 34.9 Å². The van der Waals surface area contributed by atoms with Gasteiger partial charge in [-0.05, 0) is 64.3 Å². The number of ether oxygens (including phenoxy) is 1. The molecule has 230 valence electrons. The molecule has 0 aliphatic carbocycles. The largest absolute Gasteiger partial charge is 0.478 e. The first kappa shape index (κ1) is 32.2. The Morgan fingerprint density at radius 1 is 0.955 bits per heavy atom. The van der Waals surface area contributed by atoms with Crippen LogP contribution in [0.3, 0.4) is 0 Å². The van der Waals surface area contributed by atoms with Crippen molar-refractivity contribution in [1.82, 2.24) is 10.6 Å². The van der Waals surface area contributed by atoms with E-state index in [-0.39, 0.29) is 28.8 Å². The van der Waals surface area contributed by atoms with Gasteiger partial charge in [0, 0.05) is 35.5 Å². The first-order chi connectivity index (χ1) is 20.9. The molecule has 0 radical (unpaired) electrons. The summed E-state index contributed by atoms with van der Waals surface area (Å²) in [6, 6.07) is 26.1. The molecule has 1 aliphatic heterocycles. The zero-order chi connectivity index (χ0) is 32.0. The number of dihydropyridines is 1. The smallest absolute Gasteiger partial charge is 0.337 e. The van der Waals surface area contributed by atoms with Gasteiger partial charge < -0.3 is 20.5 Å². The van der Waals surface area contributed by atoms with Crippen molar-refractivity contribution < 1.29 is 24.4 Å². The molecule has 0 fully saturated rings. The van der Waals surface area contributed by atoms with Crippen molar-refractivity contribution in [3.63, 3.8) is 0 Å². The summed E-state index contributed by atoms with van der Waals surface area (Å²) in [5, 5.41) is 28.1. The second-order valence-electron chi connectivity index (χ2n) is 11.6. The number of carboxylic acids is 1. The number of allylic oxidation sites excluding steroid dienone is 2. The second-order valence-corrected chi connectivity index (χ2v) is 11.6. The van der Waals surface area contributed by atoms with Gasteiger partial charge in [-0.1, -0.05) is 72.8 Å². The molecular formula is C35H39N3O6. The molecule has 0 bridgehead atoms. The molecular weight excluding hydrogens is 558 g/mol. The number of hydrogen-bond donors (Lipinski definition) is 3. The van der Waals surface area contributed by atoms with Crippen LogP contribution in [0, 0.1) is 10.1 Å². The average molecular weight is 598 g/mol. The van der Waals surface area contributed by atoms with Gasteiger partial charge in [0.25, 0.3) is 5.69 Å². The van der Waals surface area contributed by atoms with E-state index in [0.29, 0.717) is 23.5 Å². The molecule has 44 heavy (non-hydrogen) atoms. The number of carboxylic acid groups (broad SMARTS) is 1. The highest BCUT2D eigenvalue weighted by atomic mass is 16.6. The second kappa shape index (κ2) is 13.7. The zero-order valence-electron chi connectivity index (χ0n) is 25.7. The molecule has 2 unspecified atom stereocenters. The zero-order valence-corrected chi connectivity index (χ0v) is 25.7. The van der Waals surface area contributed by atoms with Crippen molar-refractivity contribution in [2.24, 2.45) is 0 Å². The highest BCUT2D eigenvalue weighted by Crippen LogP contribution is 2.40. The maximum absolute atomic E-state index is 13.9. The number of benzene rings is 3. The van der Waals surface area contributed by atoms with Crippen LogP contribution >= 0.6 is 0 Å². The third-order valence-corrected chi connectivity index (χ3v) is 8.31. The number of nitrogens with one attached hydrogen (secondary N) is 2. The summed E-state index contributed by atoms with van der Waals surface area (Å²) >= 11 is 0. The normalized spacial score (nSPS) is 16.0. The Hall–Kier alpha value is -4.76. The van der Waals surface area contributed by atoms with E-state index in [1.165, 1.54) is 29.3 Å². The van der Waals surface area contributed by atoms with Gasteiger partial charge in [0.2, 0.25) is 0 Å². The van der Waals surface area contributed by atoms with Crippen LogP contribution in [-0.4, -0.2) is 40.2 Å². The van der Waals surface area contributed by atoms with Crippen LogP contribution < -0.4 is 10.6 Å². The fourth-order valence-electron chi connectivity index (χ4n) is 5.67. The summed E-state index contributed by atoms with van der Waals surface area (Å²) < 4.78 is 6.08. The van der Waals surface area contributed by atoms with E-state index >= 15 is 0 Å². The van der Waals surface area contributed by atoms with Gasteiger partial charge in [-0.25, -0.2) is 9.59 Å². The van der Waals surface area contributed by atoms with Gasteiger partial charge in [0.15, 0.2) is 0 Å². The third kappa shape index (κ3) is 7.23. The summed E-state index contributed by atoms with van der Waals surface area (Å²) in [6.07, 6.45) is 0.817. The molecule has 0 aromatic heterocycles. The maximum atomic E-state index is 13.9. The molecule has 9 heteroatoms. The molecule has 0 saturated heterocycles. The fraction of sp³-hybridized carbons (Fsp3) is 0.314. The minimum Gasteiger partial charge on any atom is -0.478 e. The molecule has 0 amide bonds. The van der Waals surface area contributed by atoms with Gasteiger partial charge >= 0.3 is 11.9 Å². The minimum atomic E-state index is -1.23. The number of hydrogen-bond acceptors (Lipinski definition) is 7. The van der Waals surface area contributed by atoms with Crippen LogP contribution in [0.1, 0.15) is 69.6 Å². The van der Waals surface area contributed by atoms with Gasteiger partial charge in [0.1, 0.15) is 5.60 Å². The van der Waals surface area contributed by atoms with Gasteiger partial charge in [-0.2, -0.15) is 0 Å². The van der Waals surface area contributed by atoms with Crippen LogP contribution in [0.5, 0.6) is 0 Å². The predicted octanol–water partition coefficient (Wildman–Crippen LogP) is 6.44. The maximum Gasteiger partial charge on any atom is 0.337 e. The highest BCUT2D eigenvalue weighted by Gasteiger charge is 2.40. The number of nitrogens with zero attached hydrogens (tertiary/aromatic N) is 1. The molecule has 2 atom stereocenters. The Labute approximate surface area is 257 Å². The van der Waals surface area contributed by atoms with E-state index in [0.717, 1.165) is 6.42 Å². The van der Waals surface area contributed by atoms with Crippen molar-refractivity contribution >= 4 is 17.6 Å². The molecule has 1 heterocycles. The number of esters is 1. The van der Waals surface area contributed by atoms with E-state index in [4.69, 9.17) is 4.74 Å². The van der Waals surface area contributed by atoms with Crippen LogP contribution in [0.15, 0.2) is 107 Å². The Kier molecular flexibility index (Phi) is 10.0. The number of rotatable bonds is 12. The standard InChI is InChI=1S/C35H39N3O6/c1-22-30(33(39)40)32(27-17-12-18-28(21-27)38(42)43)31(23(2)37-22)34(41)44-35(4,5)24(3)36-20-19-29(25-13-8-6-9-14-25)26-15-10-7-11-16-26/h6-18,21,24,29,32,36-37H,19-20H2,1-5H3,(H,39,40). The van der Waals surface area contributed by atoms with Crippen LogP contribution in [0.2, 0.25) is 0 Å². The summed E-state index contributed by atoms with van der Waals surface area (Å²) in [5.41, 5.74) is 2.39. The monoisotopic (exact) mass is 597 g/mol. The highest BCUT2D eigenvalue weighted by molar-refractivity contribution is 5.99. The lowest BCUT2D eigenvalue weighted by molar-refractivity contribution is -0.384. The van der Waals surface area contributed by atoms with Crippen molar-refractivity contribution in [2.45, 2.75) is 64.5 Å². The lowest BCUT2D eigenvalue weighted by Gasteiger charge is -2.35. The molecule has 3 aromatic rings. The summed E-state index contributed by atoms with van der Waals surface area (Å²) in [6.45, 7) is 9.49. The van der Waals surface area contributed by atoms with Crippen LogP contribution in [0.25, 0.3) is 0 Å². The molecule has 0 saturated carbocycles. The minimum absolute atomic E-state index is 0.0695. The lowest BCUT2D eigenvalue weighted by Crippen LogP contribution is -2.49. The molecule has 3 aromatic carbocycles. The SMILES string of the molecule is CC1=C(C(=O)O)C(c2cccc([N+](=O)[O-])c2)C(C(=O)OC(C)(C)C(C)NCCC(c2ccccc2)c2ccccc2)=C(C)N1. The lowest BCUT2D eigenvalue weighted by atomic mass is 9.80. The van der Waals surface area contributed by atoms with Gasteiger partial charge in [-0.15, -0.1) is 0 Å². The number of non-ortho nitro benzene ring substituents is 1. The van der Waals surface area contributed by atoms with Crippen LogP contribution in [-0.2, 0) is 14.3 Å². The van der Waals surface area contributed by atoms with Crippen molar-refractivity contribution in [3.8, 4) is 0 Å². The number of carbonyl (C=O) groups is 2. The predicted molar refractivity (Wildman–Crippen MR) is 169 cm³/mol. The van der Waals surface area contributed by atoms with E-state index in [1.807, 2.05) is 57.2 Å². The fourth-order valence-corrected chi connectivity index (χ4v) is 5.67. The first-order valence-corrected chi connectivity index (χ1v) is 14.6. The van der Waals surface area contributed by atoms with E-state index < -0.39 is 28.4 Å². The van der Waals surface area contributed by atoms with E-state index in [1.54, 1.807) is 19.9 Å². The Balaban J connectivity index is 1.53. The summed E-state index contributed by atoms with van der Waals surface area (Å²) in [4.78, 5) is 37.2. The number of carbonyl (C=O) groups excluding carboxylic acids is 1. The quantitative estimate of drug-likeness (QED) is 0.124. The summed E-state index contributed by atoms with van der Waals surface area (Å²) in [7, 11) is 0. The number of nitro benzene ring substituents is 1. The van der Waals surface area contributed by atoms with Crippen molar-refractivity contribution in [1.29, 1.82) is 0 Å². The Morgan fingerprint density at radius 3 is 2.07 bits per heavy atom. The van der Waals surface area contributed by atoms with Gasteiger partial charge in [-0.3, -0.25) is 10.1 Å².